The second-order valence-electron chi connectivity index (χ2n) is 7.26. The molecule has 0 saturated heterocycles. The van der Waals surface area contributed by atoms with E-state index >= 15 is 0 Å². The minimum absolute atomic E-state index is 0.205. The first-order chi connectivity index (χ1) is 16.2. The van der Waals surface area contributed by atoms with Crippen LogP contribution in [0.25, 0.3) is 11.1 Å². The number of hydrogen-bond acceptors (Lipinski definition) is 9. The van der Waals surface area contributed by atoms with Crippen LogP contribution in [0.4, 0.5) is 8.28 Å². The number of fused-ring (bicyclic) bond motifs is 2. The Bertz CT molecular complexity index is 1380. The average Bonchev–Trinajstić information content (AvgIpc) is 3.22. The summed E-state index contributed by atoms with van der Waals surface area (Å²) in [5, 5.41) is 3.33. The SMILES string of the molecule is COC(=O)CCS(=O)(=O)c1nn(SF)c2[n+]1C(C)c1cc(F)cc(-c3ccnc(OC)c3)c1O2. The zero-order valence-corrected chi connectivity index (χ0v) is 19.8. The van der Waals surface area contributed by atoms with Gasteiger partial charge in [-0.1, -0.05) is 0 Å². The first-order valence-electron chi connectivity index (χ1n) is 9.85. The number of rotatable bonds is 7. The maximum atomic E-state index is 14.7. The summed E-state index contributed by atoms with van der Waals surface area (Å²) in [7, 11) is -1.59. The zero-order valence-electron chi connectivity index (χ0n) is 18.2. The first kappa shape index (κ1) is 23.9. The molecule has 1 unspecified atom stereocenters. The minimum atomic E-state index is -4.16. The molecule has 34 heavy (non-hydrogen) atoms. The lowest BCUT2D eigenvalue weighted by atomic mass is 9.97. The highest BCUT2D eigenvalue weighted by Gasteiger charge is 2.44. The number of carbonyl (C=O) groups excluding carboxylic acids is 1. The maximum Gasteiger partial charge on any atom is 0.453 e. The molecule has 14 heteroatoms. The summed E-state index contributed by atoms with van der Waals surface area (Å²) in [6, 6.07) is 4.63. The van der Waals surface area contributed by atoms with Gasteiger partial charge in [-0.25, -0.2) is 17.8 Å². The molecular weight excluding hydrogens is 494 g/mol. The van der Waals surface area contributed by atoms with Crippen LogP contribution in [0.2, 0.25) is 0 Å². The predicted octanol–water partition coefficient (Wildman–Crippen LogP) is 2.81. The molecule has 0 radical (unpaired) electrons. The largest absolute Gasteiger partial charge is 0.481 e. The van der Waals surface area contributed by atoms with Crippen LogP contribution in [0, 0.1) is 5.82 Å². The molecule has 0 fully saturated rings. The molecule has 0 bridgehead atoms. The number of benzene rings is 1. The predicted molar refractivity (Wildman–Crippen MR) is 115 cm³/mol. The van der Waals surface area contributed by atoms with Gasteiger partial charge in [0.1, 0.15) is 17.6 Å². The number of pyridine rings is 1. The van der Waals surface area contributed by atoms with Crippen molar-refractivity contribution in [1.82, 2.24) is 14.2 Å². The third-order valence-corrected chi connectivity index (χ3v) is 7.21. The Kier molecular flexibility index (Phi) is 6.45. The normalized spacial score (nSPS) is 14.7. The number of esters is 1. The summed E-state index contributed by atoms with van der Waals surface area (Å²) in [5.74, 6) is -1.44. The van der Waals surface area contributed by atoms with E-state index in [2.05, 4.69) is 14.8 Å². The zero-order chi connectivity index (χ0) is 24.6. The van der Waals surface area contributed by atoms with Crippen LogP contribution in [0.5, 0.6) is 17.6 Å². The van der Waals surface area contributed by atoms with Gasteiger partial charge in [-0.2, -0.15) is 4.57 Å². The highest BCUT2D eigenvalue weighted by molar-refractivity contribution is 7.92. The van der Waals surface area contributed by atoms with Crippen LogP contribution >= 0.6 is 12.3 Å². The Morgan fingerprint density at radius 3 is 2.76 bits per heavy atom. The first-order valence-corrected chi connectivity index (χ1v) is 12.2. The fraction of sp³-hybridized carbons (Fsp3) is 0.300. The molecule has 1 aliphatic heterocycles. The molecule has 0 saturated carbocycles. The topological polar surface area (TPSA) is 113 Å². The van der Waals surface area contributed by atoms with E-state index < -0.39 is 45.0 Å². The van der Waals surface area contributed by atoms with E-state index in [-0.39, 0.29) is 30.0 Å². The quantitative estimate of drug-likeness (QED) is 0.348. The van der Waals surface area contributed by atoms with Gasteiger partial charge in [-0.05, 0) is 30.7 Å². The Hall–Kier alpha value is -3.26. The van der Waals surface area contributed by atoms with Crippen LogP contribution in [0.15, 0.2) is 35.6 Å². The third kappa shape index (κ3) is 4.18. The molecule has 3 heterocycles. The number of hydrogen-bond donors (Lipinski definition) is 0. The Labute approximate surface area is 197 Å². The van der Waals surface area contributed by atoms with Crippen molar-refractivity contribution in [1.29, 1.82) is 0 Å². The average molecular weight is 514 g/mol. The van der Waals surface area contributed by atoms with Crippen LogP contribution < -0.4 is 14.0 Å². The van der Waals surface area contributed by atoms with E-state index in [1.165, 1.54) is 25.4 Å². The lowest BCUT2D eigenvalue weighted by molar-refractivity contribution is -0.752. The molecule has 4 rings (SSSR count). The van der Waals surface area contributed by atoms with Crippen LogP contribution in [0.1, 0.15) is 24.9 Å². The number of nitrogens with zero attached hydrogens (tertiary/aromatic N) is 4. The van der Waals surface area contributed by atoms with Crippen molar-refractivity contribution < 1.29 is 40.3 Å². The summed E-state index contributed by atoms with van der Waals surface area (Å²) in [4.78, 5) is 15.5. The minimum Gasteiger partial charge on any atom is -0.481 e. The van der Waals surface area contributed by atoms with Gasteiger partial charge in [0.05, 0.1) is 31.5 Å². The smallest absolute Gasteiger partial charge is 0.453 e. The van der Waals surface area contributed by atoms with Gasteiger partial charge in [0.15, 0.2) is 0 Å². The number of aromatic nitrogens is 4. The summed E-state index contributed by atoms with van der Waals surface area (Å²) >= 11 is -0.364. The van der Waals surface area contributed by atoms with Crippen molar-refractivity contribution in [3.05, 3.63) is 41.8 Å². The standard InChI is InChI=1S/C20H19F2N4O6S2/c1-11-14-9-13(21)10-15(12-4-6-23-16(8-12)30-2)18(14)32-20-25(11)19(24-26(20)33-22)34(28,29)7-5-17(27)31-3/h4,6,8-11H,5,7H2,1-3H3/q+1. The van der Waals surface area contributed by atoms with Crippen molar-refractivity contribution in [2.45, 2.75) is 24.5 Å². The molecule has 1 aromatic carbocycles. The maximum absolute atomic E-state index is 14.7. The summed E-state index contributed by atoms with van der Waals surface area (Å²) in [5.41, 5.74) is 1.17. The Morgan fingerprint density at radius 2 is 2.09 bits per heavy atom. The molecule has 180 valence electrons. The molecule has 10 nitrogen and oxygen atoms in total. The second-order valence-corrected chi connectivity index (χ2v) is 9.75. The van der Waals surface area contributed by atoms with Crippen molar-refractivity contribution >= 4 is 28.1 Å². The van der Waals surface area contributed by atoms with Crippen molar-refractivity contribution in [2.75, 3.05) is 20.0 Å². The fourth-order valence-corrected chi connectivity index (χ4v) is 5.31. The molecule has 0 aliphatic carbocycles. The third-order valence-electron chi connectivity index (χ3n) is 5.27. The fourth-order valence-electron chi connectivity index (χ4n) is 3.60. The second kappa shape index (κ2) is 9.18. The molecule has 0 amide bonds. The molecular formula is C20H19F2N4O6S2+. The van der Waals surface area contributed by atoms with Gasteiger partial charge >= 0.3 is 17.1 Å². The van der Waals surface area contributed by atoms with Gasteiger partial charge in [0.2, 0.25) is 15.7 Å². The van der Waals surface area contributed by atoms with E-state index in [1.807, 2.05) is 0 Å². The van der Waals surface area contributed by atoms with E-state index in [0.717, 1.165) is 11.7 Å². The van der Waals surface area contributed by atoms with Crippen LogP contribution in [-0.4, -0.2) is 48.5 Å². The molecule has 1 atom stereocenters. The number of halogens is 2. The lowest BCUT2D eigenvalue weighted by Crippen LogP contribution is -2.46. The summed E-state index contributed by atoms with van der Waals surface area (Å²) in [6.45, 7) is 1.61. The van der Waals surface area contributed by atoms with E-state index in [9.17, 15) is 21.5 Å². The van der Waals surface area contributed by atoms with Crippen molar-refractivity contribution in [2.24, 2.45) is 0 Å². The van der Waals surface area contributed by atoms with Gasteiger partial charge in [-0.3, -0.25) is 4.79 Å². The van der Waals surface area contributed by atoms with Gasteiger partial charge in [-0.15, -0.1) is 3.89 Å². The van der Waals surface area contributed by atoms with Gasteiger partial charge < -0.3 is 14.2 Å². The lowest BCUT2D eigenvalue weighted by Gasteiger charge is -2.23. The number of methoxy groups -OCH3 is 2. The Balaban J connectivity index is 1.85. The summed E-state index contributed by atoms with van der Waals surface area (Å²) < 4.78 is 71.7. The monoisotopic (exact) mass is 513 g/mol. The molecule has 0 N–H and O–H groups in total. The van der Waals surface area contributed by atoms with E-state index in [0.29, 0.717) is 20.8 Å². The van der Waals surface area contributed by atoms with Gasteiger partial charge in [0.25, 0.3) is 12.3 Å². The van der Waals surface area contributed by atoms with Crippen LogP contribution in [-0.2, 0) is 19.4 Å². The van der Waals surface area contributed by atoms with E-state index in [1.54, 1.807) is 19.1 Å². The highest BCUT2D eigenvalue weighted by Crippen LogP contribution is 2.43. The van der Waals surface area contributed by atoms with Crippen molar-refractivity contribution in [3.63, 3.8) is 0 Å². The van der Waals surface area contributed by atoms with Crippen molar-refractivity contribution in [3.8, 4) is 28.8 Å². The molecule has 2 aromatic heterocycles. The van der Waals surface area contributed by atoms with E-state index in [4.69, 9.17) is 9.47 Å². The number of carbonyl (C=O) groups is 1. The Morgan fingerprint density at radius 1 is 1.32 bits per heavy atom. The van der Waals surface area contributed by atoms with Gasteiger partial charge in [0, 0.05) is 27.5 Å². The molecule has 0 spiro atoms. The number of sulfone groups is 1. The van der Waals surface area contributed by atoms with Crippen LogP contribution in [0.3, 0.4) is 0 Å². The number of ether oxygens (including phenoxy) is 3. The molecule has 3 aromatic rings. The molecule has 1 aliphatic rings. The summed E-state index contributed by atoms with van der Waals surface area (Å²) in [6.07, 6.45) is 1.06. The highest BCUT2D eigenvalue weighted by atomic mass is 32.2.